The van der Waals surface area contributed by atoms with E-state index in [4.69, 9.17) is 5.73 Å². The fraction of sp³-hybridized carbons (Fsp3) is 0.0667. The molecule has 6 heteroatoms. The van der Waals surface area contributed by atoms with Gasteiger partial charge in [-0.05, 0) is 52.7 Å². The number of benzene rings is 2. The molecule has 21 heavy (non-hydrogen) atoms. The first-order chi connectivity index (χ1) is 10.1. The predicted molar refractivity (Wildman–Crippen MR) is 87.0 cm³/mol. The molecule has 0 aliphatic rings. The van der Waals surface area contributed by atoms with E-state index in [2.05, 4.69) is 4.72 Å². The van der Waals surface area contributed by atoms with Gasteiger partial charge in [-0.1, -0.05) is 12.1 Å². The molecule has 1 aromatic heterocycles. The summed E-state index contributed by atoms with van der Waals surface area (Å²) in [5.41, 5.74) is 6.97. The first-order valence-corrected chi connectivity index (χ1v) is 8.74. The molecular weight excluding hydrogens is 304 g/mol. The first kappa shape index (κ1) is 14.1. The molecule has 0 fully saturated rings. The highest BCUT2D eigenvalue weighted by Gasteiger charge is 2.14. The average Bonchev–Trinajstić information content (AvgIpc) is 2.94. The third-order valence-electron chi connectivity index (χ3n) is 3.17. The van der Waals surface area contributed by atoms with Crippen molar-refractivity contribution in [2.75, 3.05) is 4.72 Å². The van der Waals surface area contributed by atoms with E-state index in [1.54, 1.807) is 41.7 Å². The normalized spacial score (nSPS) is 11.7. The Labute approximate surface area is 127 Å². The summed E-state index contributed by atoms with van der Waals surface area (Å²) in [6, 6.07) is 14.0. The van der Waals surface area contributed by atoms with Crippen LogP contribution >= 0.6 is 11.3 Å². The second-order valence-electron chi connectivity index (χ2n) is 4.63. The number of rotatable bonds is 4. The van der Waals surface area contributed by atoms with Crippen molar-refractivity contribution in [3.05, 3.63) is 59.5 Å². The van der Waals surface area contributed by atoms with E-state index in [1.807, 2.05) is 23.6 Å². The molecule has 0 amide bonds. The monoisotopic (exact) mass is 318 g/mol. The standard InChI is InChI=1S/C15H14N2O2S2/c16-10-11-1-4-14(5-2-11)21(18,19)17-13-3-6-15-12(9-13)7-8-20-15/h1-9,17H,10,16H2. The lowest BCUT2D eigenvalue weighted by atomic mass is 10.2. The van der Waals surface area contributed by atoms with E-state index in [1.165, 1.54) is 0 Å². The number of sulfonamides is 1. The van der Waals surface area contributed by atoms with Gasteiger partial charge in [0.25, 0.3) is 10.0 Å². The highest BCUT2D eigenvalue weighted by molar-refractivity contribution is 7.92. The third-order valence-corrected chi connectivity index (χ3v) is 5.47. The van der Waals surface area contributed by atoms with Crippen LogP contribution in [-0.4, -0.2) is 8.42 Å². The fourth-order valence-electron chi connectivity index (χ4n) is 2.05. The molecule has 3 N–H and O–H groups in total. The molecule has 108 valence electrons. The molecule has 1 heterocycles. The number of anilines is 1. The average molecular weight is 318 g/mol. The van der Waals surface area contributed by atoms with Gasteiger partial charge in [0.1, 0.15) is 0 Å². The summed E-state index contributed by atoms with van der Waals surface area (Å²) in [4.78, 5) is 0.227. The third kappa shape index (κ3) is 2.92. The summed E-state index contributed by atoms with van der Waals surface area (Å²) in [5, 5.41) is 3.01. The Balaban J connectivity index is 1.90. The molecule has 0 spiro atoms. The highest BCUT2D eigenvalue weighted by Crippen LogP contribution is 2.25. The number of nitrogens with two attached hydrogens (primary N) is 1. The van der Waals surface area contributed by atoms with Crippen LogP contribution in [0.4, 0.5) is 5.69 Å². The Kier molecular flexibility index (Phi) is 3.67. The quantitative estimate of drug-likeness (QED) is 0.776. The van der Waals surface area contributed by atoms with Crippen LogP contribution in [0.5, 0.6) is 0 Å². The topological polar surface area (TPSA) is 72.2 Å². The first-order valence-electron chi connectivity index (χ1n) is 6.37. The summed E-state index contributed by atoms with van der Waals surface area (Å²) in [6.45, 7) is 0.391. The molecule has 3 rings (SSSR count). The summed E-state index contributed by atoms with van der Waals surface area (Å²) < 4.78 is 28.4. The number of fused-ring (bicyclic) bond motifs is 1. The highest BCUT2D eigenvalue weighted by atomic mass is 32.2. The number of hydrogen-bond acceptors (Lipinski definition) is 4. The van der Waals surface area contributed by atoms with Crippen molar-refractivity contribution in [1.82, 2.24) is 0 Å². The van der Waals surface area contributed by atoms with Crippen molar-refractivity contribution in [2.24, 2.45) is 5.73 Å². The van der Waals surface area contributed by atoms with Gasteiger partial charge in [-0.25, -0.2) is 8.42 Å². The zero-order valence-electron chi connectivity index (χ0n) is 11.1. The number of nitrogens with one attached hydrogen (secondary N) is 1. The molecule has 0 atom stereocenters. The second-order valence-corrected chi connectivity index (χ2v) is 7.26. The van der Waals surface area contributed by atoms with Crippen molar-refractivity contribution in [1.29, 1.82) is 0 Å². The maximum absolute atomic E-state index is 12.3. The van der Waals surface area contributed by atoms with E-state index < -0.39 is 10.0 Å². The van der Waals surface area contributed by atoms with Crippen LogP contribution in [0.2, 0.25) is 0 Å². The second kappa shape index (κ2) is 5.48. The van der Waals surface area contributed by atoms with Crippen LogP contribution in [0.1, 0.15) is 5.56 Å². The van der Waals surface area contributed by atoms with E-state index in [-0.39, 0.29) is 4.90 Å². The van der Waals surface area contributed by atoms with Crippen molar-refractivity contribution in [3.63, 3.8) is 0 Å². The Hall–Kier alpha value is -1.89. The summed E-state index contributed by atoms with van der Waals surface area (Å²) in [5.74, 6) is 0. The predicted octanol–water partition coefficient (Wildman–Crippen LogP) is 3.16. The van der Waals surface area contributed by atoms with Crippen LogP contribution in [0.15, 0.2) is 58.8 Å². The smallest absolute Gasteiger partial charge is 0.261 e. The van der Waals surface area contributed by atoms with E-state index in [9.17, 15) is 8.42 Å². The molecule has 3 aromatic rings. The molecule has 0 radical (unpaired) electrons. The minimum Gasteiger partial charge on any atom is -0.326 e. The lowest BCUT2D eigenvalue weighted by Crippen LogP contribution is -2.13. The van der Waals surface area contributed by atoms with Crippen molar-refractivity contribution >= 4 is 37.1 Å². The molecule has 0 aliphatic heterocycles. The van der Waals surface area contributed by atoms with Gasteiger partial charge in [0.15, 0.2) is 0 Å². The van der Waals surface area contributed by atoms with Crippen molar-refractivity contribution < 1.29 is 8.42 Å². The SMILES string of the molecule is NCc1ccc(S(=O)(=O)Nc2ccc3sccc3c2)cc1. The van der Waals surface area contributed by atoms with E-state index in [0.717, 1.165) is 15.6 Å². The van der Waals surface area contributed by atoms with Crippen LogP contribution in [0.3, 0.4) is 0 Å². The zero-order chi connectivity index (χ0) is 14.9. The maximum Gasteiger partial charge on any atom is 0.261 e. The number of thiophene rings is 1. The van der Waals surface area contributed by atoms with Crippen LogP contribution in [0.25, 0.3) is 10.1 Å². The number of hydrogen-bond donors (Lipinski definition) is 2. The molecule has 0 saturated carbocycles. The van der Waals surface area contributed by atoms with Gasteiger partial charge in [-0.15, -0.1) is 11.3 Å². The summed E-state index contributed by atoms with van der Waals surface area (Å²) >= 11 is 1.63. The maximum atomic E-state index is 12.3. The molecule has 0 aliphatic carbocycles. The van der Waals surface area contributed by atoms with E-state index >= 15 is 0 Å². The van der Waals surface area contributed by atoms with Gasteiger partial charge in [0, 0.05) is 16.9 Å². The van der Waals surface area contributed by atoms with Gasteiger partial charge in [0.2, 0.25) is 0 Å². The molecule has 0 bridgehead atoms. The Bertz CT molecular complexity index is 868. The zero-order valence-corrected chi connectivity index (χ0v) is 12.7. The van der Waals surface area contributed by atoms with Crippen LogP contribution in [-0.2, 0) is 16.6 Å². The van der Waals surface area contributed by atoms with Crippen molar-refractivity contribution in [2.45, 2.75) is 11.4 Å². The largest absolute Gasteiger partial charge is 0.326 e. The molecule has 0 unspecified atom stereocenters. The van der Waals surface area contributed by atoms with Crippen LogP contribution < -0.4 is 10.5 Å². The Morgan fingerprint density at radius 1 is 1.05 bits per heavy atom. The van der Waals surface area contributed by atoms with Gasteiger partial charge >= 0.3 is 0 Å². The van der Waals surface area contributed by atoms with Crippen LogP contribution in [0, 0.1) is 0 Å². The molecule has 0 saturated heterocycles. The Morgan fingerprint density at radius 3 is 2.52 bits per heavy atom. The fourth-order valence-corrected chi connectivity index (χ4v) is 3.87. The molecule has 2 aromatic carbocycles. The van der Waals surface area contributed by atoms with Gasteiger partial charge < -0.3 is 5.73 Å². The van der Waals surface area contributed by atoms with Gasteiger partial charge in [-0.2, -0.15) is 0 Å². The minimum atomic E-state index is -3.58. The Morgan fingerprint density at radius 2 is 1.81 bits per heavy atom. The molecule has 4 nitrogen and oxygen atoms in total. The summed E-state index contributed by atoms with van der Waals surface area (Å²) in [7, 11) is -3.58. The summed E-state index contributed by atoms with van der Waals surface area (Å²) in [6.07, 6.45) is 0. The van der Waals surface area contributed by atoms with E-state index in [0.29, 0.717) is 12.2 Å². The lowest BCUT2D eigenvalue weighted by Gasteiger charge is -2.08. The molecular formula is C15H14N2O2S2. The minimum absolute atomic E-state index is 0.227. The van der Waals surface area contributed by atoms with Gasteiger partial charge in [0.05, 0.1) is 4.90 Å². The lowest BCUT2D eigenvalue weighted by molar-refractivity contribution is 0.601. The van der Waals surface area contributed by atoms with Crippen molar-refractivity contribution in [3.8, 4) is 0 Å². The van der Waals surface area contributed by atoms with Gasteiger partial charge in [-0.3, -0.25) is 4.72 Å².